The Morgan fingerprint density at radius 2 is 1.84 bits per heavy atom. The number of anilines is 1. The molecule has 0 radical (unpaired) electrons. The lowest BCUT2D eigenvalue weighted by molar-refractivity contribution is -0.208. The van der Waals surface area contributed by atoms with Crippen LogP contribution in [0.2, 0.25) is 5.02 Å². The third kappa shape index (κ3) is 4.28. The van der Waals surface area contributed by atoms with Gasteiger partial charge < -0.3 is 10.4 Å². The van der Waals surface area contributed by atoms with Crippen LogP contribution in [0.3, 0.4) is 0 Å². The molecule has 0 aromatic heterocycles. The summed E-state index contributed by atoms with van der Waals surface area (Å²) < 4.78 is 37.9. The Balaban J connectivity index is 2.06. The third-order valence-corrected chi connectivity index (χ3v) is 3.45. The fraction of sp³-hybridized carbons (Fsp3) is 0.538. The number of benzene rings is 1. The van der Waals surface area contributed by atoms with Gasteiger partial charge in [-0.15, -0.1) is 0 Å². The van der Waals surface area contributed by atoms with E-state index in [9.17, 15) is 18.3 Å². The van der Waals surface area contributed by atoms with E-state index >= 15 is 0 Å². The molecular formula is C13H15ClF3NO. The van der Waals surface area contributed by atoms with Crippen molar-refractivity contribution in [1.29, 1.82) is 0 Å². The van der Waals surface area contributed by atoms with E-state index in [2.05, 4.69) is 5.32 Å². The highest BCUT2D eigenvalue weighted by molar-refractivity contribution is 6.30. The highest BCUT2D eigenvalue weighted by Crippen LogP contribution is 2.37. The summed E-state index contributed by atoms with van der Waals surface area (Å²) in [5, 5.41) is 12.7. The lowest BCUT2D eigenvalue weighted by Gasteiger charge is -2.26. The average Bonchev–Trinajstić information content (AvgIpc) is 3.13. The average molecular weight is 294 g/mol. The van der Waals surface area contributed by atoms with E-state index in [1.54, 1.807) is 24.3 Å². The predicted octanol–water partition coefficient (Wildman–Crippen LogP) is 3.84. The van der Waals surface area contributed by atoms with Crippen LogP contribution in [0.25, 0.3) is 0 Å². The Hall–Kier alpha value is -0.940. The molecule has 1 aromatic rings. The first-order valence-electron chi connectivity index (χ1n) is 6.13. The van der Waals surface area contributed by atoms with Gasteiger partial charge in [0.1, 0.15) is 0 Å². The molecule has 0 bridgehead atoms. The van der Waals surface area contributed by atoms with Gasteiger partial charge in [0.05, 0.1) is 6.04 Å². The largest absolute Gasteiger partial charge is 0.416 e. The molecule has 106 valence electrons. The molecule has 19 heavy (non-hydrogen) atoms. The smallest absolute Gasteiger partial charge is 0.382 e. The van der Waals surface area contributed by atoms with Crippen molar-refractivity contribution in [2.75, 3.05) is 5.32 Å². The van der Waals surface area contributed by atoms with Crippen molar-refractivity contribution in [2.45, 2.75) is 37.6 Å². The number of alkyl halides is 3. The van der Waals surface area contributed by atoms with Gasteiger partial charge in [0.2, 0.25) is 0 Å². The van der Waals surface area contributed by atoms with Gasteiger partial charge in [-0.3, -0.25) is 0 Å². The van der Waals surface area contributed by atoms with Crippen molar-refractivity contribution >= 4 is 17.3 Å². The van der Waals surface area contributed by atoms with E-state index in [-0.39, 0.29) is 5.92 Å². The van der Waals surface area contributed by atoms with Gasteiger partial charge in [-0.25, -0.2) is 0 Å². The summed E-state index contributed by atoms with van der Waals surface area (Å²) in [7, 11) is 0. The molecule has 1 saturated carbocycles. The van der Waals surface area contributed by atoms with E-state index in [1.807, 2.05) is 0 Å². The zero-order valence-electron chi connectivity index (χ0n) is 10.1. The van der Waals surface area contributed by atoms with Gasteiger partial charge in [0.25, 0.3) is 0 Å². The van der Waals surface area contributed by atoms with Crippen LogP contribution < -0.4 is 5.32 Å². The van der Waals surface area contributed by atoms with E-state index in [4.69, 9.17) is 11.6 Å². The monoisotopic (exact) mass is 293 g/mol. The molecule has 0 unspecified atom stereocenters. The minimum atomic E-state index is -4.61. The second-order valence-electron chi connectivity index (χ2n) is 4.92. The first-order chi connectivity index (χ1) is 8.86. The van der Waals surface area contributed by atoms with Crippen molar-refractivity contribution in [3.63, 3.8) is 0 Å². The molecule has 2 nitrogen and oxygen atoms in total. The van der Waals surface area contributed by atoms with E-state index in [0.717, 1.165) is 12.8 Å². The van der Waals surface area contributed by atoms with Crippen LogP contribution in [0.5, 0.6) is 0 Å². The number of hydrogen-bond acceptors (Lipinski definition) is 2. The maximum absolute atomic E-state index is 12.6. The maximum Gasteiger partial charge on any atom is 0.416 e. The Morgan fingerprint density at radius 3 is 2.32 bits per heavy atom. The van der Waals surface area contributed by atoms with Gasteiger partial charge in [0.15, 0.2) is 6.10 Å². The molecule has 1 fully saturated rings. The number of aliphatic hydroxyl groups is 1. The summed E-state index contributed by atoms with van der Waals surface area (Å²) >= 11 is 5.72. The molecule has 2 atom stereocenters. The molecule has 6 heteroatoms. The molecule has 1 aromatic carbocycles. The second-order valence-corrected chi connectivity index (χ2v) is 5.36. The van der Waals surface area contributed by atoms with Crippen LogP contribution in [-0.2, 0) is 0 Å². The summed E-state index contributed by atoms with van der Waals surface area (Å²) in [4.78, 5) is 0. The third-order valence-electron chi connectivity index (χ3n) is 3.20. The fourth-order valence-corrected chi connectivity index (χ4v) is 2.09. The summed E-state index contributed by atoms with van der Waals surface area (Å²) in [5.41, 5.74) is 0.526. The molecule has 2 N–H and O–H groups in total. The van der Waals surface area contributed by atoms with Crippen molar-refractivity contribution in [3.05, 3.63) is 29.3 Å². The lowest BCUT2D eigenvalue weighted by Crippen LogP contribution is -2.44. The van der Waals surface area contributed by atoms with Gasteiger partial charge >= 0.3 is 6.18 Å². The van der Waals surface area contributed by atoms with Crippen molar-refractivity contribution in [3.8, 4) is 0 Å². The van der Waals surface area contributed by atoms with E-state index in [0.29, 0.717) is 17.1 Å². The quantitative estimate of drug-likeness (QED) is 0.864. The number of hydrogen-bond donors (Lipinski definition) is 2. The van der Waals surface area contributed by atoms with E-state index in [1.165, 1.54) is 0 Å². The fourth-order valence-electron chi connectivity index (χ4n) is 1.97. The van der Waals surface area contributed by atoms with Crippen LogP contribution in [-0.4, -0.2) is 23.4 Å². The Morgan fingerprint density at radius 1 is 1.26 bits per heavy atom. The van der Waals surface area contributed by atoms with Crippen LogP contribution in [0, 0.1) is 5.92 Å². The molecule has 0 spiro atoms. The van der Waals surface area contributed by atoms with Crippen LogP contribution in [0.15, 0.2) is 24.3 Å². The highest BCUT2D eigenvalue weighted by Gasteiger charge is 2.45. The molecule has 0 saturated heterocycles. The van der Waals surface area contributed by atoms with Gasteiger partial charge in [-0.2, -0.15) is 13.2 Å². The number of halogens is 4. The summed E-state index contributed by atoms with van der Waals surface area (Å²) in [6, 6.07) is 5.38. The SMILES string of the molecule is O[C@H]([C@@H](CC1CC1)Nc1ccc(Cl)cc1)C(F)(F)F. The zero-order valence-corrected chi connectivity index (χ0v) is 10.9. The maximum atomic E-state index is 12.6. The van der Waals surface area contributed by atoms with Crippen LogP contribution in [0.1, 0.15) is 19.3 Å². The predicted molar refractivity (Wildman–Crippen MR) is 68.3 cm³/mol. The van der Waals surface area contributed by atoms with Crippen molar-refractivity contribution in [2.24, 2.45) is 5.92 Å². The summed E-state index contributed by atoms with van der Waals surface area (Å²) in [5.74, 6) is 0.279. The normalized spacial score (nSPS) is 19.0. The molecule has 1 aliphatic rings. The Bertz CT molecular complexity index is 417. The molecular weight excluding hydrogens is 279 g/mol. The van der Waals surface area contributed by atoms with Gasteiger partial charge in [0, 0.05) is 10.7 Å². The lowest BCUT2D eigenvalue weighted by atomic mass is 10.0. The summed E-state index contributed by atoms with van der Waals surface area (Å²) in [6.45, 7) is 0. The standard InChI is InChI=1S/C13H15ClF3NO/c14-9-3-5-10(6-4-9)18-11(7-8-1-2-8)12(19)13(15,16)17/h3-6,8,11-12,18-19H,1-2,7H2/t11-,12-/m1/s1. The molecule has 1 aliphatic carbocycles. The van der Waals surface area contributed by atoms with Crippen molar-refractivity contribution in [1.82, 2.24) is 0 Å². The molecule has 0 heterocycles. The summed E-state index contributed by atoms with van der Waals surface area (Å²) in [6.07, 6.45) is -4.78. The minimum absolute atomic E-state index is 0.279. The zero-order chi connectivity index (χ0) is 14.0. The van der Waals surface area contributed by atoms with Crippen LogP contribution in [0.4, 0.5) is 18.9 Å². The molecule has 0 aliphatic heterocycles. The van der Waals surface area contributed by atoms with E-state index < -0.39 is 18.3 Å². The van der Waals surface area contributed by atoms with Crippen LogP contribution >= 0.6 is 11.6 Å². The highest BCUT2D eigenvalue weighted by atomic mass is 35.5. The number of aliphatic hydroxyl groups excluding tert-OH is 1. The van der Waals surface area contributed by atoms with Gasteiger partial charge in [-0.1, -0.05) is 24.4 Å². The Labute approximate surface area is 114 Å². The first kappa shape index (κ1) is 14.5. The Kier molecular flexibility index (Phi) is 4.26. The minimum Gasteiger partial charge on any atom is -0.382 e. The topological polar surface area (TPSA) is 32.3 Å². The molecule has 2 rings (SSSR count). The second kappa shape index (κ2) is 5.59. The number of rotatable bonds is 5. The van der Waals surface area contributed by atoms with Gasteiger partial charge in [-0.05, 0) is 36.6 Å². The molecule has 0 amide bonds. The number of nitrogens with one attached hydrogen (secondary N) is 1. The van der Waals surface area contributed by atoms with Crippen molar-refractivity contribution < 1.29 is 18.3 Å². The first-order valence-corrected chi connectivity index (χ1v) is 6.51.